The van der Waals surface area contributed by atoms with E-state index in [1.54, 1.807) is 0 Å². The maximum Gasteiger partial charge on any atom is 0.321 e. The average Bonchev–Trinajstić information content (AvgIpc) is 2.29. The highest BCUT2D eigenvalue weighted by Gasteiger charge is 2.22. The highest BCUT2D eigenvalue weighted by atomic mass is 16.4. The van der Waals surface area contributed by atoms with Crippen LogP contribution in [-0.2, 0) is 16.0 Å². The Balaban J connectivity index is 2.67. The van der Waals surface area contributed by atoms with Crippen LogP contribution in [0.1, 0.15) is 12.5 Å². The molecule has 0 amide bonds. The van der Waals surface area contributed by atoms with E-state index in [0.717, 1.165) is 5.56 Å². The predicted molar refractivity (Wildman–Crippen MR) is 61.8 cm³/mol. The van der Waals surface area contributed by atoms with Crippen molar-refractivity contribution in [3.05, 3.63) is 35.9 Å². The number of aliphatic carboxylic acids is 2. The predicted octanol–water partition coefficient (Wildman–Crippen LogP) is 0.745. The fraction of sp³-hybridized carbons (Fsp3) is 0.333. The van der Waals surface area contributed by atoms with Crippen LogP contribution in [0.4, 0.5) is 0 Å². The van der Waals surface area contributed by atoms with Crippen LogP contribution in [-0.4, -0.2) is 34.2 Å². The molecule has 0 aliphatic rings. The second-order valence-corrected chi connectivity index (χ2v) is 3.81. The van der Waals surface area contributed by atoms with Crippen LogP contribution < -0.4 is 5.32 Å². The third kappa shape index (κ3) is 4.24. The van der Waals surface area contributed by atoms with Crippen molar-refractivity contribution < 1.29 is 19.8 Å². The number of carboxylic acids is 2. The molecule has 0 aliphatic carbocycles. The molecule has 0 aromatic heterocycles. The first kappa shape index (κ1) is 13.2. The second kappa shape index (κ2) is 6.00. The zero-order chi connectivity index (χ0) is 12.8. The van der Waals surface area contributed by atoms with Crippen LogP contribution in [0.3, 0.4) is 0 Å². The smallest absolute Gasteiger partial charge is 0.321 e. The van der Waals surface area contributed by atoms with Crippen molar-refractivity contribution in [1.82, 2.24) is 5.32 Å². The lowest BCUT2D eigenvalue weighted by Gasteiger charge is -2.17. The lowest BCUT2D eigenvalue weighted by Crippen LogP contribution is -2.46. The normalized spacial score (nSPS) is 13.9. The van der Waals surface area contributed by atoms with Crippen LogP contribution in [0.5, 0.6) is 0 Å². The number of benzene rings is 1. The molecular formula is C12H15NO4. The Morgan fingerprint density at radius 1 is 1.18 bits per heavy atom. The summed E-state index contributed by atoms with van der Waals surface area (Å²) >= 11 is 0. The van der Waals surface area contributed by atoms with Crippen LogP contribution in [0.2, 0.25) is 0 Å². The second-order valence-electron chi connectivity index (χ2n) is 3.81. The van der Waals surface area contributed by atoms with E-state index in [1.165, 1.54) is 6.92 Å². The Bertz CT molecular complexity index is 391. The zero-order valence-corrected chi connectivity index (χ0v) is 9.46. The zero-order valence-electron chi connectivity index (χ0n) is 9.46. The van der Waals surface area contributed by atoms with Crippen LogP contribution in [0, 0.1) is 0 Å². The summed E-state index contributed by atoms with van der Waals surface area (Å²) in [6.45, 7) is 1.42. The van der Waals surface area contributed by atoms with Gasteiger partial charge in [0.1, 0.15) is 12.1 Å². The minimum absolute atomic E-state index is 0.258. The van der Waals surface area contributed by atoms with Gasteiger partial charge >= 0.3 is 11.9 Å². The summed E-state index contributed by atoms with van der Waals surface area (Å²) in [5.74, 6) is -2.12. The van der Waals surface area contributed by atoms with Gasteiger partial charge < -0.3 is 10.2 Å². The molecule has 0 saturated carbocycles. The summed E-state index contributed by atoms with van der Waals surface area (Å²) < 4.78 is 0. The molecule has 2 atom stereocenters. The van der Waals surface area contributed by atoms with Gasteiger partial charge in [0.05, 0.1) is 0 Å². The first-order valence-corrected chi connectivity index (χ1v) is 5.26. The SMILES string of the molecule is CC(N[C@@H](Cc1ccccc1)C(=O)O)C(=O)O. The molecule has 0 aliphatic heterocycles. The maximum atomic E-state index is 11.0. The first-order chi connectivity index (χ1) is 8.00. The lowest BCUT2D eigenvalue weighted by molar-refractivity contribution is -0.142. The Morgan fingerprint density at radius 3 is 2.24 bits per heavy atom. The molecule has 0 fully saturated rings. The average molecular weight is 237 g/mol. The fourth-order valence-electron chi connectivity index (χ4n) is 1.44. The van der Waals surface area contributed by atoms with Crippen LogP contribution in [0.25, 0.3) is 0 Å². The molecule has 0 saturated heterocycles. The minimum Gasteiger partial charge on any atom is -0.480 e. The largest absolute Gasteiger partial charge is 0.480 e. The van der Waals surface area contributed by atoms with Crippen molar-refractivity contribution in [1.29, 1.82) is 0 Å². The maximum absolute atomic E-state index is 11.0. The van der Waals surface area contributed by atoms with E-state index in [9.17, 15) is 9.59 Å². The lowest BCUT2D eigenvalue weighted by atomic mass is 10.1. The quantitative estimate of drug-likeness (QED) is 0.679. The van der Waals surface area contributed by atoms with Gasteiger partial charge in [-0.25, -0.2) is 0 Å². The molecule has 5 nitrogen and oxygen atoms in total. The van der Waals surface area contributed by atoms with Crippen molar-refractivity contribution in [3.8, 4) is 0 Å². The topological polar surface area (TPSA) is 86.6 Å². The van der Waals surface area contributed by atoms with Crippen molar-refractivity contribution in [3.63, 3.8) is 0 Å². The summed E-state index contributed by atoms with van der Waals surface area (Å²) in [7, 11) is 0. The Labute approximate surface area is 99.1 Å². The van der Waals surface area contributed by atoms with E-state index in [4.69, 9.17) is 10.2 Å². The molecule has 92 valence electrons. The molecule has 0 spiro atoms. The monoisotopic (exact) mass is 237 g/mol. The van der Waals surface area contributed by atoms with Gasteiger partial charge in [-0.3, -0.25) is 14.9 Å². The van der Waals surface area contributed by atoms with Crippen molar-refractivity contribution >= 4 is 11.9 Å². The van der Waals surface area contributed by atoms with E-state index < -0.39 is 24.0 Å². The molecule has 3 N–H and O–H groups in total. The van der Waals surface area contributed by atoms with E-state index >= 15 is 0 Å². The molecule has 5 heteroatoms. The van der Waals surface area contributed by atoms with E-state index in [2.05, 4.69) is 5.32 Å². The molecule has 1 unspecified atom stereocenters. The molecule has 0 radical (unpaired) electrons. The third-order valence-corrected chi connectivity index (χ3v) is 2.40. The van der Waals surface area contributed by atoms with Gasteiger partial charge in [0.15, 0.2) is 0 Å². The standard InChI is InChI=1S/C12H15NO4/c1-8(11(14)15)13-10(12(16)17)7-9-5-3-2-4-6-9/h2-6,8,10,13H,7H2,1H3,(H,14,15)(H,16,17)/t8?,10-/m0/s1. The van der Waals surface area contributed by atoms with Crippen molar-refractivity contribution in [2.24, 2.45) is 0 Å². The summed E-state index contributed by atoms with van der Waals surface area (Å²) in [5, 5.41) is 20.3. The number of rotatable bonds is 6. The first-order valence-electron chi connectivity index (χ1n) is 5.26. The van der Waals surface area contributed by atoms with Crippen LogP contribution in [0.15, 0.2) is 30.3 Å². The summed E-state index contributed by atoms with van der Waals surface area (Å²) in [5.41, 5.74) is 0.852. The van der Waals surface area contributed by atoms with Gasteiger partial charge in [-0.2, -0.15) is 0 Å². The van der Waals surface area contributed by atoms with Gasteiger partial charge in [0, 0.05) is 0 Å². The molecular weight excluding hydrogens is 222 g/mol. The van der Waals surface area contributed by atoms with Gasteiger partial charge in [0.25, 0.3) is 0 Å². The Hall–Kier alpha value is -1.88. The molecule has 0 heterocycles. The molecule has 1 aromatic rings. The third-order valence-electron chi connectivity index (χ3n) is 2.40. The number of hydrogen-bond donors (Lipinski definition) is 3. The number of carbonyl (C=O) groups is 2. The van der Waals surface area contributed by atoms with Gasteiger partial charge in [-0.15, -0.1) is 0 Å². The van der Waals surface area contributed by atoms with Gasteiger partial charge in [0.2, 0.25) is 0 Å². The molecule has 1 rings (SSSR count). The van der Waals surface area contributed by atoms with E-state index in [1.807, 2.05) is 30.3 Å². The Kier molecular flexibility index (Phi) is 4.66. The summed E-state index contributed by atoms with van der Waals surface area (Å²) in [4.78, 5) is 21.7. The van der Waals surface area contributed by atoms with Gasteiger partial charge in [-0.1, -0.05) is 30.3 Å². The highest BCUT2D eigenvalue weighted by Crippen LogP contribution is 2.04. The van der Waals surface area contributed by atoms with E-state index in [-0.39, 0.29) is 6.42 Å². The number of hydrogen-bond acceptors (Lipinski definition) is 3. The van der Waals surface area contributed by atoms with Crippen LogP contribution >= 0.6 is 0 Å². The fourth-order valence-corrected chi connectivity index (χ4v) is 1.44. The summed E-state index contributed by atoms with van der Waals surface area (Å²) in [6.07, 6.45) is 0.258. The number of nitrogens with one attached hydrogen (secondary N) is 1. The molecule has 1 aromatic carbocycles. The van der Waals surface area contributed by atoms with Crippen molar-refractivity contribution in [2.45, 2.75) is 25.4 Å². The van der Waals surface area contributed by atoms with Crippen molar-refractivity contribution in [2.75, 3.05) is 0 Å². The highest BCUT2D eigenvalue weighted by molar-refractivity contribution is 5.77. The number of carboxylic acid groups (broad SMARTS) is 2. The van der Waals surface area contributed by atoms with E-state index in [0.29, 0.717) is 0 Å². The minimum atomic E-state index is -1.07. The van der Waals surface area contributed by atoms with Gasteiger partial charge in [-0.05, 0) is 18.9 Å². The molecule has 0 bridgehead atoms. The molecule has 17 heavy (non-hydrogen) atoms. The summed E-state index contributed by atoms with van der Waals surface area (Å²) in [6, 6.07) is 7.30. The Morgan fingerprint density at radius 2 is 1.76 bits per heavy atom.